The number of halogens is 1. The molecular weight excluding hydrogens is 299 g/mol. The molecular formula is C17H15FN2O3. The van der Waals surface area contributed by atoms with E-state index in [9.17, 15) is 9.18 Å². The SMILES string of the molecule is C=C(NNC(=O)[C@H]1COc2ccccc2O1)c1ccccc1F. The van der Waals surface area contributed by atoms with Gasteiger partial charge in [0, 0.05) is 5.56 Å². The lowest BCUT2D eigenvalue weighted by Gasteiger charge is -2.25. The fourth-order valence-electron chi connectivity index (χ4n) is 2.14. The van der Waals surface area contributed by atoms with Crippen LogP contribution >= 0.6 is 0 Å². The smallest absolute Gasteiger partial charge is 0.282 e. The van der Waals surface area contributed by atoms with Crippen LogP contribution in [0.3, 0.4) is 0 Å². The van der Waals surface area contributed by atoms with Crippen LogP contribution in [-0.4, -0.2) is 18.6 Å². The van der Waals surface area contributed by atoms with Crippen LogP contribution in [0.4, 0.5) is 4.39 Å². The zero-order chi connectivity index (χ0) is 16.2. The van der Waals surface area contributed by atoms with E-state index in [2.05, 4.69) is 17.4 Å². The predicted molar refractivity (Wildman–Crippen MR) is 83.1 cm³/mol. The van der Waals surface area contributed by atoms with Crippen molar-refractivity contribution in [3.63, 3.8) is 0 Å². The van der Waals surface area contributed by atoms with E-state index in [1.807, 2.05) is 6.07 Å². The highest BCUT2D eigenvalue weighted by Gasteiger charge is 2.27. The van der Waals surface area contributed by atoms with Gasteiger partial charge in [0.15, 0.2) is 11.5 Å². The molecule has 0 aliphatic carbocycles. The lowest BCUT2D eigenvalue weighted by atomic mass is 10.2. The number of hydrazine groups is 1. The molecule has 1 heterocycles. The van der Waals surface area contributed by atoms with Crippen LogP contribution in [0.15, 0.2) is 55.1 Å². The van der Waals surface area contributed by atoms with Crippen LogP contribution in [0.5, 0.6) is 11.5 Å². The summed E-state index contributed by atoms with van der Waals surface area (Å²) >= 11 is 0. The number of benzene rings is 2. The Hall–Kier alpha value is -3.02. The minimum absolute atomic E-state index is 0.0939. The first-order chi connectivity index (χ1) is 11.1. The Labute approximate surface area is 132 Å². The fraction of sp³-hybridized carbons (Fsp3) is 0.118. The van der Waals surface area contributed by atoms with Crippen molar-refractivity contribution in [3.05, 3.63) is 66.5 Å². The average Bonchev–Trinajstić information content (AvgIpc) is 2.59. The minimum atomic E-state index is -0.800. The van der Waals surface area contributed by atoms with Gasteiger partial charge >= 0.3 is 0 Å². The molecule has 0 radical (unpaired) electrons. The summed E-state index contributed by atoms with van der Waals surface area (Å²) in [7, 11) is 0. The molecule has 23 heavy (non-hydrogen) atoms. The number of ether oxygens (including phenoxy) is 2. The molecule has 0 spiro atoms. The summed E-state index contributed by atoms with van der Waals surface area (Å²) in [6.45, 7) is 3.79. The third kappa shape index (κ3) is 3.26. The van der Waals surface area contributed by atoms with Gasteiger partial charge in [-0.1, -0.05) is 30.8 Å². The molecule has 0 saturated carbocycles. The lowest BCUT2D eigenvalue weighted by molar-refractivity contribution is -0.131. The third-order valence-electron chi connectivity index (χ3n) is 3.34. The largest absolute Gasteiger partial charge is 0.485 e. The van der Waals surface area contributed by atoms with Crippen molar-refractivity contribution in [1.29, 1.82) is 0 Å². The second-order valence-electron chi connectivity index (χ2n) is 4.94. The first-order valence-corrected chi connectivity index (χ1v) is 7.03. The molecule has 0 unspecified atom stereocenters. The Morgan fingerprint density at radius 1 is 1.09 bits per heavy atom. The average molecular weight is 314 g/mol. The van der Waals surface area contributed by atoms with Gasteiger partial charge in [-0.2, -0.15) is 0 Å². The molecule has 0 bridgehead atoms. The summed E-state index contributed by atoms with van der Waals surface area (Å²) in [6, 6.07) is 13.2. The van der Waals surface area contributed by atoms with Crippen LogP contribution < -0.4 is 20.3 Å². The van der Waals surface area contributed by atoms with E-state index in [0.717, 1.165) is 0 Å². The normalized spacial score (nSPS) is 15.6. The van der Waals surface area contributed by atoms with E-state index >= 15 is 0 Å². The maximum absolute atomic E-state index is 13.6. The first kappa shape index (κ1) is 14.9. The zero-order valence-electron chi connectivity index (χ0n) is 12.2. The van der Waals surface area contributed by atoms with Gasteiger partial charge in [0.25, 0.3) is 5.91 Å². The van der Waals surface area contributed by atoms with E-state index in [0.29, 0.717) is 11.5 Å². The zero-order valence-corrected chi connectivity index (χ0v) is 12.2. The number of para-hydroxylation sites is 2. The van der Waals surface area contributed by atoms with E-state index in [1.54, 1.807) is 36.4 Å². The van der Waals surface area contributed by atoms with Crippen molar-refractivity contribution in [3.8, 4) is 11.5 Å². The highest BCUT2D eigenvalue weighted by Crippen LogP contribution is 2.30. The molecule has 2 aromatic carbocycles. The topological polar surface area (TPSA) is 59.6 Å². The molecule has 2 aromatic rings. The number of fused-ring (bicyclic) bond motifs is 1. The van der Waals surface area contributed by atoms with E-state index in [1.165, 1.54) is 6.07 Å². The van der Waals surface area contributed by atoms with Crippen LogP contribution in [0.1, 0.15) is 5.56 Å². The molecule has 0 fully saturated rings. The van der Waals surface area contributed by atoms with E-state index in [-0.39, 0.29) is 17.9 Å². The Bertz CT molecular complexity index is 748. The second-order valence-corrected chi connectivity index (χ2v) is 4.94. The first-order valence-electron chi connectivity index (χ1n) is 7.03. The summed E-state index contributed by atoms with van der Waals surface area (Å²) in [5.41, 5.74) is 5.56. The molecule has 2 N–H and O–H groups in total. The summed E-state index contributed by atoms with van der Waals surface area (Å²) < 4.78 is 24.7. The highest BCUT2D eigenvalue weighted by atomic mass is 19.1. The van der Waals surface area contributed by atoms with Gasteiger partial charge in [0.05, 0.1) is 5.70 Å². The molecule has 1 amide bonds. The van der Waals surface area contributed by atoms with Crippen LogP contribution in [0, 0.1) is 5.82 Å². The van der Waals surface area contributed by atoms with Gasteiger partial charge in [-0.3, -0.25) is 15.6 Å². The Balaban J connectivity index is 1.58. The fourth-order valence-corrected chi connectivity index (χ4v) is 2.14. The van der Waals surface area contributed by atoms with Crippen molar-refractivity contribution in [2.24, 2.45) is 0 Å². The van der Waals surface area contributed by atoms with Crippen LogP contribution in [0.25, 0.3) is 5.70 Å². The number of carbonyl (C=O) groups is 1. The van der Waals surface area contributed by atoms with Crippen molar-refractivity contribution < 1.29 is 18.7 Å². The number of hydrogen-bond donors (Lipinski definition) is 2. The number of rotatable bonds is 4. The summed E-state index contributed by atoms with van der Waals surface area (Å²) in [5.74, 6) is 0.245. The number of amides is 1. The maximum Gasteiger partial charge on any atom is 0.282 e. The second kappa shape index (κ2) is 6.39. The molecule has 1 aliphatic heterocycles. The molecule has 6 heteroatoms. The molecule has 3 rings (SSSR count). The quantitative estimate of drug-likeness (QED) is 0.850. The number of carbonyl (C=O) groups excluding carboxylic acids is 1. The summed E-state index contributed by atoms with van der Waals surface area (Å²) in [6.07, 6.45) is -0.800. The Kier molecular flexibility index (Phi) is 4.14. The molecule has 118 valence electrons. The molecule has 5 nitrogen and oxygen atoms in total. The molecule has 0 aromatic heterocycles. The van der Waals surface area contributed by atoms with Crippen molar-refractivity contribution in [1.82, 2.24) is 10.9 Å². The highest BCUT2D eigenvalue weighted by molar-refractivity contribution is 5.82. The van der Waals surface area contributed by atoms with Crippen molar-refractivity contribution in [2.75, 3.05) is 6.61 Å². The van der Waals surface area contributed by atoms with Crippen LogP contribution in [0.2, 0.25) is 0 Å². The van der Waals surface area contributed by atoms with E-state index in [4.69, 9.17) is 9.47 Å². The van der Waals surface area contributed by atoms with Gasteiger partial charge in [0.1, 0.15) is 12.4 Å². The Morgan fingerprint density at radius 3 is 2.57 bits per heavy atom. The van der Waals surface area contributed by atoms with Gasteiger partial charge in [0.2, 0.25) is 6.10 Å². The van der Waals surface area contributed by atoms with E-state index < -0.39 is 17.8 Å². The standard InChI is InChI=1S/C17H15FN2O3/c1-11(12-6-2-3-7-13(12)18)19-20-17(21)16-10-22-14-8-4-5-9-15(14)23-16/h2-9,16,19H,1,10H2,(H,20,21)/t16-/m1/s1. The molecule has 1 atom stereocenters. The molecule has 0 saturated heterocycles. The summed E-state index contributed by atoms with van der Waals surface area (Å²) in [4.78, 5) is 12.1. The third-order valence-corrected chi connectivity index (χ3v) is 3.34. The van der Waals surface area contributed by atoms with Crippen molar-refractivity contribution in [2.45, 2.75) is 6.10 Å². The monoisotopic (exact) mass is 314 g/mol. The van der Waals surface area contributed by atoms with Gasteiger partial charge in [-0.15, -0.1) is 0 Å². The summed E-state index contributed by atoms with van der Waals surface area (Å²) in [5, 5.41) is 0. The van der Waals surface area contributed by atoms with Crippen LogP contribution in [-0.2, 0) is 4.79 Å². The predicted octanol–water partition coefficient (Wildman–Crippen LogP) is 2.26. The number of nitrogens with one attached hydrogen (secondary N) is 2. The van der Waals surface area contributed by atoms with Gasteiger partial charge < -0.3 is 9.47 Å². The Morgan fingerprint density at radius 2 is 1.78 bits per heavy atom. The molecule has 1 aliphatic rings. The lowest BCUT2D eigenvalue weighted by Crippen LogP contribution is -2.48. The van der Waals surface area contributed by atoms with Gasteiger partial charge in [-0.05, 0) is 24.3 Å². The van der Waals surface area contributed by atoms with Gasteiger partial charge in [-0.25, -0.2) is 4.39 Å². The minimum Gasteiger partial charge on any atom is -0.485 e. The maximum atomic E-state index is 13.6. The van der Waals surface area contributed by atoms with Crippen molar-refractivity contribution >= 4 is 11.6 Å². The number of hydrogen-bond acceptors (Lipinski definition) is 4.